The Morgan fingerprint density at radius 2 is 1.95 bits per heavy atom. The number of carbonyl (C=O) groups is 1. The van der Waals surface area contributed by atoms with E-state index in [1.807, 2.05) is 7.05 Å². The average molecular weight is 369 g/mol. The minimum absolute atomic E-state index is 0.00236. The lowest BCUT2D eigenvalue weighted by molar-refractivity contribution is -0.121. The van der Waals surface area contributed by atoms with Gasteiger partial charge in [-0.3, -0.25) is 4.79 Å². The molecule has 1 aliphatic rings. The van der Waals surface area contributed by atoms with Crippen molar-refractivity contribution in [2.24, 2.45) is 0 Å². The van der Waals surface area contributed by atoms with Crippen molar-refractivity contribution in [3.63, 3.8) is 0 Å². The van der Waals surface area contributed by atoms with Crippen LogP contribution in [0.2, 0.25) is 0 Å². The predicted molar refractivity (Wildman–Crippen MR) is 92.0 cm³/mol. The number of rotatable bonds is 7. The molecule has 0 bridgehead atoms. The summed E-state index contributed by atoms with van der Waals surface area (Å²) in [4.78, 5) is 12.0. The largest absolute Gasteiger partial charge is 0.381 e. The van der Waals surface area contributed by atoms with E-state index in [1.165, 1.54) is 5.56 Å². The number of hydrogen-bond donors (Lipinski definition) is 2. The van der Waals surface area contributed by atoms with Crippen LogP contribution in [0, 0.1) is 0 Å². The molecule has 1 amide bonds. The third-order valence-electron chi connectivity index (χ3n) is 4.36. The van der Waals surface area contributed by atoms with E-state index in [4.69, 9.17) is 4.74 Å². The molecular weight excluding hydrogens is 344 g/mol. The quantitative estimate of drug-likeness (QED) is 0.727. The SMILES string of the molecule is CNCCCC(=O)NCC1(c2ccc(Br)cc2)CCOCC1. The molecule has 1 aromatic rings. The number of nitrogens with one attached hydrogen (secondary N) is 2. The highest BCUT2D eigenvalue weighted by Crippen LogP contribution is 2.34. The van der Waals surface area contributed by atoms with Crippen molar-refractivity contribution in [1.82, 2.24) is 10.6 Å². The van der Waals surface area contributed by atoms with Crippen LogP contribution in [0.15, 0.2) is 28.7 Å². The molecule has 0 spiro atoms. The van der Waals surface area contributed by atoms with Gasteiger partial charge < -0.3 is 15.4 Å². The van der Waals surface area contributed by atoms with E-state index in [9.17, 15) is 4.79 Å². The third kappa shape index (κ3) is 4.80. The summed E-state index contributed by atoms with van der Waals surface area (Å²) in [7, 11) is 1.91. The Bertz CT molecular complexity index is 470. The molecule has 1 aliphatic heterocycles. The van der Waals surface area contributed by atoms with E-state index < -0.39 is 0 Å². The fraction of sp³-hybridized carbons (Fsp3) is 0.588. The van der Waals surface area contributed by atoms with E-state index >= 15 is 0 Å². The molecule has 0 saturated carbocycles. The molecule has 2 N–H and O–H groups in total. The van der Waals surface area contributed by atoms with Gasteiger partial charge in [-0.05, 0) is 50.6 Å². The Labute approximate surface area is 141 Å². The maximum absolute atomic E-state index is 12.0. The Morgan fingerprint density at radius 3 is 2.59 bits per heavy atom. The molecule has 22 heavy (non-hydrogen) atoms. The zero-order valence-corrected chi connectivity index (χ0v) is 14.7. The first-order chi connectivity index (χ1) is 10.7. The highest BCUT2D eigenvalue weighted by atomic mass is 79.9. The van der Waals surface area contributed by atoms with Gasteiger partial charge in [0, 0.05) is 36.1 Å². The standard InChI is InChI=1S/C17H25BrN2O2/c1-19-10-2-3-16(21)20-13-17(8-11-22-12-9-17)14-4-6-15(18)7-5-14/h4-7,19H,2-3,8-13H2,1H3,(H,20,21). The summed E-state index contributed by atoms with van der Waals surface area (Å²) in [5, 5.41) is 6.20. The summed E-state index contributed by atoms with van der Waals surface area (Å²) in [6, 6.07) is 8.45. The molecule has 1 fully saturated rings. The Hall–Kier alpha value is -0.910. The summed E-state index contributed by atoms with van der Waals surface area (Å²) >= 11 is 3.48. The van der Waals surface area contributed by atoms with Crippen LogP contribution in [0.5, 0.6) is 0 Å². The minimum Gasteiger partial charge on any atom is -0.381 e. The first kappa shape index (κ1) is 17.4. The molecule has 0 aliphatic carbocycles. The molecule has 1 saturated heterocycles. The Kier molecular flexibility index (Phi) is 6.86. The van der Waals surface area contributed by atoms with Gasteiger partial charge in [0.25, 0.3) is 0 Å². The normalized spacial score (nSPS) is 17.2. The van der Waals surface area contributed by atoms with Gasteiger partial charge in [-0.25, -0.2) is 0 Å². The van der Waals surface area contributed by atoms with Crippen LogP contribution < -0.4 is 10.6 Å². The monoisotopic (exact) mass is 368 g/mol. The lowest BCUT2D eigenvalue weighted by Gasteiger charge is -2.38. The lowest BCUT2D eigenvalue weighted by atomic mass is 9.74. The maximum Gasteiger partial charge on any atom is 0.220 e. The van der Waals surface area contributed by atoms with Crippen molar-refractivity contribution in [2.45, 2.75) is 31.1 Å². The molecule has 0 atom stereocenters. The van der Waals surface area contributed by atoms with Crippen LogP contribution >= 0.6 is 15.9 Å². The summed E-state index contributed by atoms with van der Waals surface area (Å²) in [6.45, 7) is 3.08. The van der Waals surface area contributed by atoms with Crippen LogP contribution in [-0.4, -0.2) is 39.3 Å². The van der Waals surface area contributed by atoms with Crippen molar-refractivity contribution in [3.8, 4) is 0 Å². The van der Waals surface area contributed by atoms with Crippen LogP contribution in [0.3, 0.4) is 0 Å². The van der Waals surface area contributed by atoms with E-state index in [2.05, 4.69) is 50.8 Å². The first-order valence-electron chi connectivity index (χ1n) is 7.91. The van der Waals surface area contributed by atoms with Crippen molar-refractivity contribution in [2.75, 3.05) is 33.4 Å². The smallest absolute Gasteiger partial charge is 0.220 e. The van der Waals surface area contributed by atoms with Gasteiger partial charge in [-0.15, -0.1) is 0 Å². The van der Waals surface area contributed by atoms with Gasteiger partial charge >= 0.3 is 0 Å². The fourth-order valence-corrected chi connectivity index (χ4v) is 3.18. The fourth-order valence-electron chi connectivity index (χ4n) is 2.91. The van der Waals surface area contributed by atoms with Crippen molar-refractivity contribution in [1.29, 1.82) is 0 Å². The molecule has 0 radical (unpaired) electrons. The number of hydrogen-bond acceptors (Lipinski definition) is 3. The molecular formula is C17H25BrN2O2. The van der Waals surface area contributed by atoms with Crippen LogP contribution in [0.1, 0.15) is 31.2 Å². The van der Waals surface area contributed by atoms with E-state index in [1.54, 1.807) is 0 Å². The zero-order chi connectivity index (χ0) is 15.8. The molecule has 4 nitrogen and oxygen atoms in total. The highest BCUT2D eigenvalue weighted by molar-refractivity contribution is 9.10. The van der Waals surface area contributed by atoms with E-state index in [0.29, 0.717) is 13.0 Å². The number of amides is 1. The van der Waals surface area contributed by atoms with E-state index in [0.717, 1.165) is 43.5 Å². The van der Waals surface area contributed by atoms with Gasteiger partial charge in [-0.1, -0.05) is 28.1 Å². The number of carbonyl (C=O) groups excluding carboxylic acids is 1. The molecule has 1 heterocycles. The van der Waals surface area contributed by atoms with Crippen LogP contribution in [0.4, 0.5) is 0 Å². The predicted octanol–water partition coefficient (Wildman–Crippen LogP) is 2.61. The van der Waals surface area contributed by atoms with Crippen LogP contribution in [-0.2, 0) is 14.9 Å². The number of halogens is 1. The summed E-state index contributed by atoms with van der Waals surface area (Å²) < 4.78 is 6.60. The van der Waals surface area contributed by atoms with Gasteiger partial charge in [-0.2, -0.15) is 0 Å². The topological polar surface area (TPSA) is 50.4 Å². The Morgan fingerprint density at radius 1 is 1.27 bits per heavy atom. The van der Waals surface area contributed by atoms with Gasteiger partial charge in [0.1, 0.15) is 0 Å². The van der Waals surface area contributed by atoms with Crippen molar-refractivity contribution < 1.29 is 9.53 Å². The van der Waals surface area contributed by atoms with Crippen molar-refractivity contribution in [3.05, 3.63) is 34.3 Å². The summed E-state index contributed by atoms with van der Waals surface area (Å²) in [5.74, 6) is 0.137. The molecule has 0 unspecified atom stereocenters. The third-order valence-corrected chi connectivity index (χ3v) is 4.89. The first-order valence-corrected chi connectivity index (χ1v) is 8.71. The second kappa shape index (κ2) is 8.65. The van der Waals surface area contributed by atoms with Crippen LogP contribution in [0.25, 0.3) is 0 Å². The van der Waals surface area contributed by atoms with Gasteiger partial charge in [0.15, 0.2) is 0 Å². The Balaban J connectivity index is 2.00. The second-order valence-corrected chi connectivity index (χ2v) is 6.80. The average Bonchev–Trinajstić information content (AvgIpc) is 2.55. The molecule has 122 valence electrons. The highest BCUT2D eigenvalue weighted by Gasteiger charge is 2.34. The lowest BCUT2D eigenvalue weighted by Crippen LogP contribution is -2.44. The molecule has 2 rings (SSSR count). The van der Waals surface area contributed by atoms with Gasteiger partial charge in [0.2, 0.25) is 5.91 Å². The maximum atomic E-state index is 12.0. The summed E-state index contributed by atoms with van der Waals surface area (Å²) in [5.41, 5.74) is 1.28. The summed E-state index contributed by atoms with van der Waals surface area (Å²) in [6.07, 6.45) is 3.35. The van der Waals surface area contributed by atoms with Gasteiger partial charge in [0.05, 0.1) is 0 Å². The van der Waals surface area contributed by atoms with Crippen molar-refractivity contribution >= 4 is 21.8 Å². The minimum atomic E-state index is -0.00236. The molecule has 0 aromatic heterocycles. The second-order valence-electron chi connectivity index (χ2n) is 5.88. The zero-order valence-electron chi connectivity index (χ0n) is 13.2. The molecule has 5 heteroatoms. The number of benzene rings is 1. The molecule has 1 aromatic carbocycles. The van der Waals surface area contributed by atoms with E-state index in [-0.39, 0.29) is 11.3 Å². The number of ether oxygens (including phenoxy) is 1.